The summed E-state index contributed by atoms with van der Waals surface area (Å²) in [5, 5.41) is 16.4. The van der Waals surface area contributed by atoms with Crippen LogP contribution in [0.25, 0.3) is 11.5 Å². The monoisotopic (exact) mass is 508 g/mol. The number of aromatic nitrogens is 1. The Hall–Kier alpha value is -2.75. The summed E-state index contributed by atoms with van der Waals surface area (Å²) in [5.74, 6) is 2.10. The molecular formula is C21H25IN4O3. The van der Waals surface area contributed by atoms with Gasteiger partial charge in [-0.3, -0.25) is 4.99 Å². The van der Waals surface area contributed by atoms with Crippen molar-refractivity contribution in [3.05, 3.63) is 66.1 Å². The maximum absolute atomic E-state index is 10.0. The van der Waals surface area contributed by atoms with Gasteiger partial charge in [-0.15, -0.1) is 24.0 Å². The van der Waals surface area contributed by atoms with Crippen molar-refractivity contribution >= 4 is 29.9 Å². The van der Waals surface area contributed by atoms with Gasteiger partial charge in [0, 0.05) is 25.2 Å². The van der Waals surface area contributed by atoms with E-state index in [1.54, 1.807) is 26.5 Å². The molecule has 0 radical (unpaired) electrons. The van der Waals surface area contributed by atoms with Crippen LogP contribution in [0.1, 0.15) is 11.3 Å². The Morgan fingerprint density at radius 2 is 1.97 bits per heavy atom. The molecule has 3 N–H and O–H groups in total. The predicted molar refractivity (Wildman–Crippen MR) is 124 cm³/mol. The Morgan fingerprint density at radius 3 is 2.66 bits per heavy atom. The minimum atomic E-state index is 0. The second kappa shape index (κ2) is 11.3. The van der Waals surface area contributed by atoms with E-state index in [9.17, 15) is 5.11 Å². The Balaban J connectivity index is 0.00000300. The third-order valence-electron chi connectivity index (χ3n) is 4.21. The zero-order chi connectivity index (χ0) is 19.8. The van der Waals surface area contributed by atoms with Gasteiger partial charge in [0.25, 0.3) is 0 Å². The lowest BCUT2D eigenvalue weighted by molar-refractivity contribution is 0.406. The lowest BCUT2D eigenvalue weighted by Gasteiger charge is -2.11. The second-order valence-electron chi connectivity index (χ2n) is 6.11. The summed E-state index contributed by atoms with van der Waals surface area (Å²) >= 11 is 0. The lowest BCUT2D eigenvalue weighted by atomic mass is 10.1. The van der Waals surface area contributed by atoms with Crippen molar-refractivity contribution in [3.8, 4) is 23.0 Å². The van der Waals surface area contributed by atoms with Crippen LogP contribution in [0.4, 0.5) is 0 Å². The van der Waals surface area contributed by atoms with Crippen LogP contribution in [0.5, 0.6) is 11.5 Å². The highest BCUT2D eigenvalue weighted by atomic mass is 127. The van der Waals surface area contributed by atoms with E-state index in [1.165, 1.54) is 0 Å². The van der Waals surface area contributed by atoms with E-state index in [-0.39, 0.29) is 29.7 Å². The fourth-order valence-electron chi connectivity index (χ4n) is 2.69. The van der Waals surface area contributed by atoms with E-state index in [0.29, 0.717) is 37.1 Å². The van der Waals surface area contributed by atoms with Gasteiger partial charge in [-0.1, -0.05) is 24.3 Å². The lowest BCUT2D eigenvalue weighted by Crippen LogP contribution is -2.37. The van der Waals surface area contributed by atoms with Crippen LogP contribution >= 0.6 is 24.0 Å². The first-order chi connectivity index (χ1) is 13.7. The van der Waals surface area contributed by atoms with Crippen LogP contribution in [-0.4, -0.2) is 36.8 Å². The van der Waals surface area contributed by atoms with E-state index in [2.05, 4.69) is 20.6 Å². The average Bonchev–Trinajstić information content (AvgIpc) is 3.21. The van der Waals surface area contributed by atoms with Gasteiger partial charge in [-0.25, -0.2) is 4.98 Å². The highest BCUT2D eigenvalue weighted by molar-refractivity contribution is 14.0. The first kappa shape index (κ1) is 22.5. The number of halogens is 1. The molecule has 8 heteroatoms. The molecule has 1 aromatic heterocycles. The Bertz CT molecular complexity index is 929. The number of rotatable bonds is 7. The quantitative estimate of drug-likeness (QED) is 0.257. The van der Waals surface area contributed by atoms with Crippen LogP contribution in [0.3, 0.4) is 0 Å². The maximum atomic E-state index is 10.0. The molecule has 7 nitrogen and oxygen atoms in total. The molecule has 0 fully saturated rings. The number of guanidine groups is 1. The van der Waals surface area contributed by atoms with Gasteiger partial charge in [-0.2, -0.15) is 0 Å². The van der Waals surface area contributed by atoms with Gasteiger partial charge < -0.3 is 24.9 Å². The van der Waals surface area contributed by atoms with Crippen molar-refractivity contribution in [2.75, 3.05) is 20.7 Å². The largest absolute Gasteiger partial charge is 0.508 e. The zero-order valence-electron chi connectivity index (χ0n) is 16.4. The molecule has 1 heterocycles. The number of aliphatic imine (C=N–C) groups is 1. The molecule has 0 aliphatic rings. The van der Waals surface area contributed by atoms with Gasteiger partial charge in [0.1, 0.15) is 17.8 Å². The van der Waals surface area contributed by atoms with Crippen molar-refractivity contribution < 1.29 is 14.3 Å². The number of aromatic hydroxyl groups is 1. The number of hydrogen-bond donors (Lipinski definition) is 3. The summed E-state index contributed by atoms with van der Waals surface area (Å²) in [4.78, 5) is 8.69. The number of methoxy groups -OCH3 is 1. The molecule has 0 aliphatic heterocycles. The van der Waals surface area contributed by atoms with E-state index < -0.39 is 0 Å². The Labute approximate surface area is 187 Å². The first-order valence-corrected chi connectivity index (χ1v) is 9.00. The number of oxazole rings is 1. The van der Waals surface area contributed by atoms with Crippen LogP contribution in [0.2, 0.25) is 0 Å². The smallest absolute Gasteiger partial charge is 0.226 e. The molecule has 3 rings (SSSR count). The molecule has 0 aliphatic carbocycles. The van der Waals surface area contributed by atoms with E-state index in [4.69, 9.17) is 9.15 Å². The van der Waals surface area contributed by atoms with Crippen molar-refractivity contribution in [2.24, 2.45) is 4.99 Å². The molecule has 0 saturated heterocycles. The second-order valence-corrected chi connectivity index (χ2v) is 6.11. The normalized spacial score (nSPS) is 10.9. The number of nitrogens with zero attached hydrogens (tertiary/aromatic N) is 2. The number of benzene rings is 2. The van der Waals surface area contributed by atoms with Crippen molar-refractivity contribution in [1.82, 2.24) is 15.6 Å². The minimum Gasteiger partial charge on any atom is -0.508 e. The third-order valence-corrected chi connectivity index (χ3v) is 4.21. The molecular weight excluding hydrogens is 483 g/mol. The van der Waals surface area contributed by atoms with E-state index in [1.807, 2.05) is 42.5 Å². The molecule has 2 aromatic carbocycles. The molecule has 3 aromatic rings. The summed E-state index contributed by atoms with van der Waals surface area (Å²) in [6.07, 6.45) is 2.29. The molecule has 0 amide bonds. The summed E-state index contributed by atoms with van der Waals surface area (Å²) in [6.45, 7) is 1.11. The summed E-state index contributed by atoms with van der Waals surface area (Å²) in [5.41, 5.74) is 2.57. The van der Waals surface area contributed by atoms with E-state index in [0.717, 1.165) is 16.8 Å². The third kappa shape index (κ3) is 6.38. The molecule has 0 atom stereocenters. The molecule has 29 heavy (non-hydrogen) atoms. The highest BCUT2D eigenvalue weighted by Crippen LogP contribution is 2.23. The topological polar surface area (TPSA) is 91.9 Å². The molecule has 154 valence electrons. The van der Waals surface area contributed by atoms with Crippen molar-refractivity contribution in [1.29, 1.82) is 0 Å². The van der Waals surface area contributed by atoms with Crippen LogP contribution < -0.4 is 15.4 Å². The number of nitrogens with one attached hydrogen (secondary N) is 2. The summed E-state index contributed by atoms with van der Waals surface area (Å²) in [7, 11) is 3.28. The first-order valence-electron chi connectivity index (χ1n) is 9.00. The molecule has 0 unspecified atom stereocenters. The van der Waals surface area contributed by atoms with Gasteiger partial charge in [-0.05, 0) is 30.2 Å². The maximum Gasteiger partial charge on any atom is 0.226 e. The standard InChI is InChI=1S/C21H24N4O3.HI/c1-22-21(23-11-10-15-8-9-18(27-2)12-19(15)26)24-13-17-14-28-20(25-17)16-6-4-3-5-7-16;/h3-9,12,14,26H,10-11,13H2,1-2H3,(H2,22,23,24);1H. The van der Waals surface area contributed by atoms with Gasteiger partial charge in [0.2, 0.25) is 5.89 Å². The predicted octanol–water partition coefficient (Wildman–Crippen LogP) is 3.58. The number of phenolic OH excluding ortho intramolecular Hbond substituents is 1. The van der Waals surface area contributed by atoms with Gasteiger partial charge in [0.05, 0.1) is 19.3 Å². The summed E-state index contributed by atoms with van der Waals surface area (Å²) in [6, 6.07) is 15.1. The molecule has 0 bridgehead atoms. The number of phenols is 1. The van der Waals surface area contributed by atoms with E-state index >= 15 is 0 Å². The van der Waals surface area contributed by atoms with Crippen LogP contribution in [-0.2, 0) is 13.0 Å². The zero-order valence-corrected chi connectivity index (χ0v) is 18.7. The molecule has 0 saturated carbocycles. The Morgan fingerprint density at radius 1 is 1.17 bits per heavy atom. The van der Waals surface area contributed by atoms with Gasteiger partial charge in [0.15, 0.2) is 5.96 Å². The van der Waals surface area contributed by atoms with Crippen LogP contribution in [0, 0.1) is 0 Å². The fourth-order valence-corrected chi connectivity index (χ4v) is 2.69. The van der Waals surface area contributed by atoms with Gasteiger partial charge >= 0.3 is 0 Å². The number of ether oxygens (including phenoxy) is 1. The Kier molecular flexibility index (Phi) is 8.78. The highest BCUT2D eigenvalue weighted by Gasteiger charge is 2.07. The average molecular weight is 508 g/mol. The van der Waals surface area contributed by atoms with Crippen LogP contribution in [0.15, 0.2) is 64.2 Å². The minimum absolute atomic E-state index is 0. The SMILES string of the molecule is CN=C(NCCc1ccc(OC)cc1O)NCc1coc(-c2ccccc2)n1.I. The molecule has 0 spiro atoms. The summed E-state index contributed by atoms with van der Waals surface area (Å²) < 4.78 is 10.6. The number of hydrogen-bond acceptors (Lipinski definition) is 5. The van der Waals surface area contributed by atoms with Crippen molar-refractivity contribution in [2.45, 2.75) is 13.0 Å². The fraction of sp³-hybridized carbons (Fsp3) is 0.238. The van der Waals surface area contributed by atoms with Crippen molar-refractivity contribution in [3.63, 3.8) is 0 Å².